The maximum absolute atomic E-state index is 12.6. The number of fused-ring (bicyclic) bond motifs is 1. The molecule has 0 aromatic carbocycles. The number of hydrogen-bond donors (Lipinski definition) is 1. The standard InChI is InChI=1S/C20H18F3N7O2/c1-12-9-29(11-17(31-12)13-6-26-27-7-13)19-24-5-4-15(28-19)16-8-25-18-3-2-14(10-30(16)18)32-20(21,22)23/h2-8,10,12,17H,9,11H2,1H3,(H,26,27)/t12-,17-/m1/s1. The van der Waals surface area contributed by atoms with E-state index in [9.17, 15) is 13.2 Å². The number of hydrogen-bond acceptors (Lipinski definition) is 7. The Balaban J connectivity index is 1.46. The third-order valence-corrected chi connectivity index (χ3v) is 5.05. The molecule has 166 valence electrons. The van der Waals surface area contributed by atoms with Gasteiger partial charge in [-0.25, -0.2) is 15.0 Å². The number of aromatic amines is 1. The van der Waals surface area contributed by atoms with E-state index in [0.29, 0.717) is 36.1 Å². The van der Waals surface area contributed by atoms with Crippen LogP contribution in [0.3, 0.4) is 0 Å². The van der Waals surface area contributed by atoms with E-state index in [4.69, 9.17) is 4.74 Å². The minimum absolute atomic E-state index is 0.0613. The van der Waals surface area contributed by atoms with Gasteiger partial charge >= 0.3 is 6.36 Å². The smallest absolute Gasteiger partial charge is 0.404 e. The third-order valence-electron chi connectivity index (χ3n) is 5.05. The van der Waals surface area contributed by atoms with E-state index in [1.54, 1.807) is 30.9 Å². The van der Waals surface area contributed by atoms with Crippen LogP contribution in [0.4, 0.5) is 19.1 Å². The van der Waals surface area contributed by atoms with Crippen LogP contribution in [0, 0.1) is 0 Å². The zero-order chi connectivity index (χ0) is 22.3. The van der Waals surface area contributed by atoms with E-state index < -0.39 is 6.36 Å². The number of imidazole rings is 1. The molecule has 4 aromatic heterocycles. The molecule has 0 amide bonds. The molecular formula is C20H18F3N7O2. The highest BCUT2D eigenvalue weighted by Crippen LogP contribution is 2.29. The van der Waals surface area contributed by atoms with Crippen molar-refractivity contribution in [2.24, 2.45) is 0 Å². The Morgan fingerprint density at radius 3 is 2.81 bits per heavy atom. The first-order valence-corrected chi connectivity index (χ1v) is 9.81. The fourth-order valence-electron chi connectivity index (χ4n) is 3.72. The van der Waals surface area contributed by atoms with Crippen LogP contribution in [-0.4, -0.2) is 55.1 Å². The summed E-state index contributed by atoms with van der Waals surface area (Å²) in [4.78, 5) is 15.3. The number of ether oxygens (including phenoxy) is 2. The number of morpholine rings is 1. The van der Waals surface area contributed by atoms with Crippen molar-refractivity contribution < 1.29 is 22.6 Å². The summed E-state index contributed by atoms with van der Waals surface area (Å²) in [7, 11) is 0. The lowest BCUT2D eigenvalue weighted by Crippen LogP contribution is -2.43. The molecule has 1 aliphatic heterocycles. The molecule has 9 nitrogen and oxygen atoms in total. The summed E-state index contributed by atoms with van der Waals surface area (Å²) in [5, 5.41) is 6.77. The molecule has 0 spiro atoms. The highest BCUT2D eigenvalue weighted by Gasteiger charge is 2.31. The maximum atomic E-state index is 12.6. The summed E-state index contributed by atoms with van der Waals surface area (Å²) in [6.45, 7) is 3.09. The van der Waals surface area contributed by atoms with E-state index in [-0.39, 0.29) is 18.0 Å². The quantitative estimate of drug-likeness (QED) is 0.515. The predicted molar refractivity (Wildman–Crippen MR) is 107 cm³/mol. The highest BCUT2D eigenvalue weighted by atomic mass is 19.4. The number of H-pyrrole nitrogens is 1. The van der Waals surface area contributed by atoms with Crippen LogP contribution in [0.5, 0.6) is 5.75 Å². The number of halogens is 3. The van der Waals surface area contributed by atoms with Crippen molar-refractivity contribution in [3.05, 3.63) is 54.7 Å². The molecule has 1 saturated heterocycles. The lowest BCUT2D eigenvalue weighted by molar-refractivity contribution is -0.274. The van der Waals surface area contributed by atoms with Gasteiger partial charge in [-0.2, -0.15) is 5.10 Å². The zero-order valence-electron chi connectivity index (χ0n) is 16.8. The second-order valence-corrected chi connectivity index (χ2v) is 7.40. The van der Waals surface area contributed by atoms with Gasteiger partial charge in [0.1, 0.15) is 17.5 Å². The third kappa shape index (κ3) is 4.08. The normalized spacial score (nSPS) is 19.4. The second-order valence-electron chi connectivity index (χ2n) is 7.40. The Morgan fingerprint density at radius 2 is 2.03 bits per heavy atom. The van der Waals surface area contributed by atoms with Crippen LogP contribution in [0.25, 0.3) is 17.0 Å². The molecule has 4 aromatic rings. The van der Waals surface area contributed by atoms with Crippen LogP contribution in [0.15, 0.2) is 49.2 Å². The van der Waals surface area contributed by atoms with Crippen LogP contribution < -0.4 is 9.64 Å². The van der Waals surface area contributed by atoms with Crippen molar-refractivity contribution >= 4 is 11.6 Å². The van der Waals surface area contributed by atoms with Gasteiger partial charge in [-0.1, -0.05) is 0 Å². The van der Waals surface area contributed by atoms with Crippen molar-refractivity contribution in [1.82, 2.24) is 29.5 Å². The highest BCUT2D eigenvalue weighted by molar-refractivity contribution is 5.61. The summed E-state index contributed by atoms with van der Waals surface area (Å²) < 4.78 is 49.4. The molecule has 2 atom stereocenters. The molecule has 5 heterocycles. The summed E-state index contributed by atoms with van der Waals surface area (Å²) in [5.74, 6) is 0.146. The van der Waals surface area contributed by atoms with E-state index in [0.717, 1.165) is 5.56 Å². The van der Waals surface area contributed by atoms with E-state index in [1.807, 2.05) is 11.8 Å². The average Bonchev–Trinajstić information content (AvgIpc) is 3.42. The van der Waals surface area contributed by atoms with Gasteiger partial charge in [-0.3, -0.25) is 9.50 Å². The molecule has 5 rings (SSSR count). The number of nitrogens with one attached hydrogen (secondary N) is 1. The molecule has 0 unspecified atom stereocenters. The Labute approximate surface area is 179 Å². The van der Waals surface area contributed by atoms with Crippen molar-refractivity contribution in [1.29, 1.82) is 0 Å². The van der Waals surface area contributed by atoms with Gasteiger partial charge in [-0.05, 0) is 25.1 Å². The zero-order valence-corrected chi connectivity index (χ0v) is 16.8. The Morgan fingerprint density at radius 1 is 1.16 bits per heavy atom. The monoisotopic (exact) mass is 445 g/mol. The second kappa shape index (κ2) is 7.79. The van der Waals surface area contributed by atoms with Gasteiger partial charge in [0, 0.05) is 24.5 Å². The molecule has 1 fully saturated rings. The van der Waals surface area contributed by atoms with Gasteiger partial charge in [-0.15, -0.1) is 13.2 Å². The van der Waals surface area contributed by atoms with Crippen molar-refractivity contribution in [3.63, 3.8) is 0 Å². The van der Waals surface area contributed by atoms with Crippen LogP contribution in [0.1, 0.15) is 18.6 Å². The number of aromatic nitrogens is 6. The van der Waals surface area contributed by atoms with E-state index >= 15 is 0 Å². The molecule has 12 heteroatoms. The Kier molecular flexibility index (Phi) is 4.93. The molecule has 0 aliphatic carbocycles. The molecule has 1 N–H and O–H groups in total. The lowest BCUT2D eigenvalue weighted by Gasteiger charge is -2.36. The fourth-order valence-corrected chi connectivity index (χ4v) is 3.72. The predicted octanol–water partition coefficient (Wildman–Crippen LogP) is 3.38. The first-order valence-electron chi connectivity index (χ1n) is 9.81. The molecule has 0 bridgehead atoms. The van der Waals surface area contributed by atoms with Crippen LogP contribution in [0.2, 0.25) is 0 Å². The topological polar surface area (TPSA) is 93.5 Å². The lowest BCUT2D eigenvalue weighted by atomic mass is 10.1. The molecule has 0 radical (unpaired) electrons. The van der Waals surface area contributed by atoms with Crippen molar-refractivity contribution in [3.8, 4) is 17.1 Å². The number of nitrogens with zero attached hydrogens (tertiary/aromatic N) is 6. The first kappa shape index (κ1) is 20.2. The molecule has 32 heavy (non-hydrogen) atoms. The van der Waals surface area contributed by atoms with E-state index in [2.05, 4.69) is 29.9 Å². The fraction of sp³-hybridized carbons (Fsp3) is 0.300. The minimum atomic E-state index is -4.78. The van der Waals surface area contributed by atoms with Crippen molar-refractivity contribution in [2.75, 3.05) is 18.0 Å². The number of pyridine rings is 1. The first-order chi connectivity index (χ1) is 15.4. The summed E-state index contributed by atoms with van der Waals surface area (Å²) >= 11 is 0. The maximum Gasteiger partial charge on any atom is 0.573 e. The van der Waals surface area contributed by atoms with Gasteiger partial charge in [0.25, 0.3) is 0 Å². The average molecular weight is 445 g/mol. The van der Waals surface area contributed by atoms with Crippen LogP contribution >= 0.6 is 0 Å². The van der Waals surface area contributed by atoms with Crippen LogP contribution in [-0.2, 0) is 4.74 Å². The van der Waals surface area contributed by atoms with Gasteiger partial charge in [0.05, 0.1) is 42.6 Å². The van der Waals surface area contributed by atoms with Gasteiger partial charge < -0.3 is 14.4 Å². The largest absolute Gasteiger partial charge is 0.573 e. The number of alkyl halides is 3. The molecular weight excluding hydrogens is 427 g/mol. The Hall–Kier alpha value is -3.67. The molecule has 0 saturated carbocycles. The summed E-state index contributed by atoms with van der Waals surface area (Å²) in [6, 6.07) is 4.35. The van der Waals surface area contributed by atoms with Gasteiger partial charge in [0.15, 0.2) is 0 Å². The Bertz CT molecular complexity index is 1230. The molecule has 1 aliphatic rings. The number of anilines is 1. The van der Waals surface area contributed by atoms with Crippen molar-refractivity contribution in [2.45, 2.75) is 25.5 Å². The summed E-state index contributed by atoms with van der Waals surface area (Å²) in [5.41, 5.74) is 2.43. The number of rotatable bonds is 4. The van der Waals surface area contributed by atoms with E-state index in [1.165, 1.54) is 22.7 Å². The SMILES string of the molecule is C[C@@H]1CN(c2nccc(-c3cnc4ccc(OC(F)(F)F)cn34)n2)C[C@H](c2cn[nH]c2)O1. The van der Waals surface area contributed by atoms with Gasteiger partial charge in [0.2, 0.25) is 5.95 Å². The minimum Gasteiger partial charge on any atom is -0.404 e. The summed E-state index contributed by atoms with van der Waals surface area (Å²) in [6.07, 6.45) is 2.87.